The molecule has 3 aromatic rings. The van der Waals surface area contributed by atoms with Crippen molar-refractivity contribution in [1.29, 1.82) is 0 Å². The summed E-state index contributed by atoms with van der Waals surface area (Å²) in [4.78, 5) is 14.4. The molecule has 1 aliphatic heterocycles. The summed E-state index contributed by atoms with van der Waals surface area (Å²) in [5.74, 6) is 2.23. The van der Waals surface area contributed by atoms with Crippen LogP contribution in [0.25, 0.3) is 0 Å². The Hall–Kier alpha value is -3.47. The lowest BCUT2D eigenvalue weighted by Crippen LogP contribution is -2.24. The predicted molar refractivity (Wildman–Crippen MR) is 115 cm³/mol. The maximum Gasteiger partial charge on any atom is 0.227 e. The van der Waals surface area contributed by atoms with Crippen molar-refractivity contribution in [2.45, 2.75) is 19.3 Å². The molecule has 0 radical (unpaired) electrons. The molecule has 1 saturated heterocycles. The highest BCUT2D eigenvalue weighted by Gasteiger charge is 2.32. The molecule has 0 aliphatic carbocycles. The van der Waals surface area contributed by atoms with Gasteiger partial charge in [-0.2, -0.15) is 0 Å². The van der Waals surface area contributed by atoms with Crippen LogP contribution in [-0.2, 0) is 4.79 Å². The van der Waals surface area contributed by atoms with E-state index in [9.17, 15) is 4.79 Å². The van der Waals surface area contributed by atoms with E-state index in [0.717, 1.165) is 22.6 Å². The average molecular weight is 388 g/mol. The highest BCUT2D eigenvalue weighted by Crippen LogP contribution is 2.38. The first kappa shape index (κ1) is 18.9. The summed E-state index contributed by atoms with van der Waals surface area (Å²) in [6, 6.07) is 21.2. The number of hydrogen-bond acceptors (Lipinski definition) is 4. The van der Waals surface area contributed by atoms with Crippen molar-refractivity contribution in [3.63, 3.8) is 0 Å². The number of amides is 1. The molecule has 29 heavy (non-hydrogen) atoms. The average Bonchev–Trinajstić information content (AvgIpc) is 3.10. The highest BCUT2D eigenvalue weighted by atomic mass is 16.5. The smallest absolute Gasteiger partial charge is 0.227 e. The second kappa shape index (κ2) is 7.87. The van der Waals surface area contributed by atoms with Gasteiger partial charge < -0.3 is 20.1 Å². The number of benzene rings is 3. The van der Waals surface area contributed by atoms with Gasteiger partial charge in [-0.15, -0.1) is 0 Å². The third kappa shape index (κ3) is 4.04. The number of nitrogen functional groups attached to an aromatic ring is 1. The largest absolute Gasteiger partial charge is 0.493 e. The van der Waals surface area contributed by atoms with Crippen molar-refractivity contribution < 1.29 is 14.3 Å². The molecule has 3 aromatic carbocycles. The third-order valence-corrected chi connectivity index (χ3v) is 5.18. The standard InChI is InChI=1S/C24H24N2O3/c1-16-5-3-8-21(11-16)29-23-12-17(9-10-22(23)28-2)18-13-24(27)26(15-18)20-7-4-6-19(25)14-20/h3-12,14,18H,13,15,25H2,1-2H3. The Labute approximate surface area is 170 Å². The monoisotopic (exact) mass is 388 g/mol. The van der Waals surface area contributed by atoms with Gasteiger partial charge in [-0.1, -0.05) is 24.3 Å². The molecule has 0 aromatic heterocycles. The van der Waals surface area contributed by atoms with E-state index >= 15 is 0 Å². The third-order valence-electron chi connectivity index (χ3n) is 5.18. The first-order valence-corrected chi connectivity index (χ1v) is 9.62. The molecule has 1 heterocycles. The summed E-state index contributed by atoms with van der Waals surface area (Å²) in [6.45, 7) is 2.63. The summed E-state index contributed by atoms with van der Waals surface area (Å²) in [5.41, 5.74) is 9.54. The Morgan fingerprint density at radius 1 is 1.00 bits per heavy atom. The molecular formula is C24H24N2O3. The van der Waals surface area contributed by atoms with Gasteiger partial charge in [0.05, 0.1) is 7.11 Å². The zero-order valence-corrected chi connectivity index (χ0v) is 16.6. The molecule has 1 unspecified atom stereocenters. The summed E-state index contributed by atoms with van der Waals surface area (Å²) in [7, 11) is 1.62. The molecule has 4 rings (SSSR count). The minimum atomic E-state index is 0.0784. The molecule has 5 heteroatoms. The second-order valence-corrected chi connectivity index (χ2v) is 7.33. The van der Waals surface area contributed by atoms with Gasteiger partial charge in [-0.3, -0.25) is 4.79 Å². The number of carbonyl (C=O) groups excluding carboxylic acids is 1. The van der Waals surface area contributed by atoms with Gasteiger partial charge in [0.25, 0.3) is 0 Å². The van der Waals surface area contributed by atoms with Crippen LogP contribution in [0.15, 0.2) is 66.7 Å². The predicted octanol–water partition coefficient (Wildman–Crippen LogP) is 4.90. The number of nitrogens with zero attached hydrogens (tertiary/aromatic N) is 1. The molecule has 2 N–H and O–H groups in total. The van der Waals surface area contributed by atoms with E-state index in [1.54, 1.807) is 12.0 Å². The van der Waals surface area contributed by atoms with E-state index in [4.69, 9.17) is 15.2 Å². The molecule has 1 atom stereocenters. The Bertz CT molecular complexity index is 1050. The van der Waals surface area contributed by atoms with Gasteiger partial charge >= 0.3 is 0 Å². The number of methoxy groups -OCH3 is 1. The van der Waals surface area contributed by atoms with Crippen molar-refractivity contribution in [2.24, 2.45) is 0 Å². The molecule has 1 fully saturated rings. The molecule has 148 valence electrons. The van der Waals surface area contributed by atoms with Gasteiger partial charge in [0.1, 0.15) is 5.75 Å². The fraction of sp³-hybridized carbons (Fsp3) is 0.208. The van der Waals surface area contributed by atoms with Crippen LogP contribution in [0.2, 0.25) is 0 Å². The van der Waals surface area contributed by atoms with Crippen molar-refractivity contribution in [3.8, 4) is 17.2 Å². The summed E-state index contributed by atoms with van der Waals surface area (Å²) >= 11 is 0. The van der Waals surface area contributed by atoms with Crippen molar-refractivity contribution >= 4 is 17.3 Å². The zero-order chi connectivity index (χ0) is 20.4. The van der Waals surface area contributed by atoms with Crippen molar-refractivity contribution in [3.05, 3.63) is 77.9 Å². The van der Waals surface area contributed by atoms with E-state index < -0.39 is 0 Å². The number of ether oxygens (including phenoxy) is 2. The van der Waals surface area contributed by atoms with Gasteiger partial charge in [0, 0.05) is 30.3 Å². The molecule has 5 nitrogen and oxygen atoms in total. The fourth-order valence-corrected chi connectivity index (χ4v) is 3.71. The molecule has 0 bridgehead atoms. The number of nitrogens with two attached hydrogens (primary N) is 1. The van der Waals surface area contributed by atoms with Crippen LogP contribution in [0.4, 0.5) is 11.4 Å². The number of rotatable bonds is 5. The highest BCUT2D eigenvalue weighted by molar-refractivity contribution is 5.96. The SMILES string of the molecule is COc1ccc(C2CC(=O)N(c3cccc(N)c3)C2)cc1Oc1cccc(C)c1. The lowest BCUT2D eigenvalue weighted by molar-refractivity contribution is -0.117. The quantitative estimate of drug-likeness (QED) is 0.632. The number of carbonyl (C=O) groups is 1. The van der Waals surface area contributed by atoms with E-state index in [-0.39, 0.29) is 11.8 Å². The van der Waals surface area contributed by atoms with Gasteiger partial charge in [0.15, 0.2) is 11.5 Å². The Morgan fingerprint density at radius 2 is 1.83 bits per heavy atom. The van der Waals surface area contributed by atoms with Crippen molar-refractivity contribution in [2.75, 3.05) is 24.3 Å². The van der Waals surface area contributed by atoms with Crippen LogP contribution in [-0.4, -0.2) is 19.6 Å². The van der Waals surface area contributed by atoms with Crippen LogP contribution < -0.4 is 20.1 Å². The Balaban J connectivity index is 1.59. The van der Waals surface area contributed by atoms with Gasteiger partial charge in [-0.25, -0.2) is 0 Å². The minimum Gasteiger partial charge on any atom is -0.493 e. The lowest BCUT2D eigenvalue weighted by atomic mass is 9.98. The van der Waals surface area contributed by atoms with Gasteiger partial charge in [0.2, 0.25) is 5.91 Å². The van der Waals surface area contributed by atoms with E-state index in [0.29, 0.717) is 30.2 Å². The number of anilines is 2. The van der Waals surface area contributed by atoms with Crippen LogP contribution in [0.5, 0.6) is 17.2 Å². The van der Waals surface area contributed by atoms with E-state index in [1.165, 1.54) is 0 Å². The summed E-state index contributed by atoms with van der Waals surface area (Å²) < 4.78 is 11.6. The normalized spacial score (nSPS) is 16.1. The van der Waals surface area contributed by atoms with Crippen molar-refractivity contribution in [1.82, 2.24) is 0 Å². The zero-order valence-electron chi connectivity index (χ0n) is 16.6. The topological polar surface area (TPSA) is 64.8 Å². The van der Waals surface area contributed by atoms with E-state index in [2.05, 4.69) is 0 Å². The molecule has 0 spiro atoms. The lowest BCUT2D eigenvalue weighted by Gasteiger charge is -2.18. The molecular weight excluding hydrogens is 364 g/mol. The second-order valence-electron chi connectivity index (χ2n) is 7.33. The number of aryl methyl sites for hydroxylation is 1. The first-order chi connectivity index (χ1) is 14.0. The molecule has 0 saturated carbocycles. The fourth-order valence-electron chi connectivity index (χ4n) is 3.71. The first-order valence-electron chi connectivity index (χ1n) is 9.62. The summed E-state index contributed by atoms with van der Waals surface area (Å²) in [5, 5.41) is 0. The minimum absolute atomic E-state index is 0.0784. The maximum atomic E-state index is 12.6. The molecule has 1 aliphatic rings. The van der Waals surface area contributed by atoms with Gasteiger partial charge in [-0.05, 0) is 60.5 Å². The van der Waals surface area contributed by atoms with Crippen LogP contribution in [0, 0.1) is 6.92 Å². The summed E-state index contributed by atoms with van der Waals surface area (Å²) in [6.07, 6.45) is 0.449. The Kier molecular flexibility index (Phi) is 5.12. The number of hydrogen-bond donors (Lipinski definition) is 1. The van der Waals surface area contributed by atoms with E-state index in [1.807, 2.05) is 73.7 Å². The van der Waals surface area contributed by atoms with Crippen LogP contribution >= 0.6 is 0 Å². The molecule has 1 amide bonds. The van der Waals surface area contributed by atoms with Crippen LogP contribution in [0.1, 0.15) is 23.5 Å². The van der Waals surface area contributed by atoms with Crippen LogP contribution in [0.3, 0.4) is 0 Å². The Morgan fingerprint density at radius 3 is 2.59 bits per heavy atom. The maximum absolute atomic E-state index is 12.6.